The molecule has 0 bridgehead atoms. The third kappa shape index (κ3) is 2.58. The third-order valence-electron chi connectivity index (χ3n) is 3.80. The Bertz CT molecular complexity index is 700. The number of rotatable bonds is 4. The van der Waals surface area contributed by atoms with Crippen molar-refractivity contribution in [1.29, 1.82) is 0 Å². The molecule has 1 heterocycles. The molecule has 0 amide bonds. The number of benzene rings is 2. The number of anilines is 2. The highest BCUT2D eigenvalue weighted by atomic mass is 16.7. The van der Waals surface area contributed by atoms with Gasteiger partial charge in [-0.1, -0.05) is 30.3 Å². The highest BCUT2D eigenvalue weighted by Crippen LogP contribution is 2.37. The highest BCUT2D eigenvalue weighted by molar-refractivity contribution is 5.60. The van der Waals surface area contributed by atoms with Crippen molar-refractivity contribution in [1.82, 2.24) is 0 Å². The fourth-order valence-corrected chi connectivity index (χ4v) is 2.67. The number of hydrogen-bond acceptors (Lipinski definition) is 5. The molecule has 1 atom stereocenters. The lowest BCUT2D eigenvalue weighted by atomic mass is 9.82. The van der Waals surface area contributed by atoms with Gasteiger partial charge >= 0.3 is 0 Å². The van der Waals surface area contributed by atoms with Crippen molar-refractivity contribution in [3.8, 4) is 0 Å². The predicted molar refractivity (Wildman–Crippen MR) is 86.4 cm³/mol. The summed E-state index contributed by atoms with van der Waals surface area (Å²) in [4.78, 5) is 0. The van der Waals surface area contributed by atoms with Gasteiger partial charge in [0.25, 0.3) is 0 Å². The number of nitrogens with two attached hydrogens (primary N) is 3. The van der Waals surface area contributed by atoms with Crippen molar-refractivity contribution in [3.63, 3.8) is 0 Å². The first-order valence-electron chi connectivity index (χ1n) is 7.03. The molecule has 0 saturated heterocycles. The summed E-state index contributed by atoms with van der Waals surface area (Å²) in [6.07, 6.45) is 2.07. The molecule has 1 aliphatic rings. The minimum absolute atomic E-state index is 0.158. The number of hydrogen-bond donors (Lipinski definition) is 3. The molecule has 0 fully saturated rings. The monoisotopic (exact) mass is 297 g/mol. The molecule has 0 saturated carbocycles. The topological polar surface area (TPSA) is 96.5 Å². The molecule has 1 aliphatic heterocycles. The molecule has 5 nitrogen and oxygen atoms in total. The minimum Gasteiger partial charge on any atom is -0.462 e. The van der Waals surface area contributed by atoms with Crippen LogP contribution in [0.2, 0.25) is 0 Å². The van der Waals surface area contributed by atoms with Crippen LogP contribution >= 0.6 is 0 Å². The molecule has 6 N–H and O–H groups in total. The molecule has 2 aromatic carbocycles. The standard InChI is InChI=1S/C17H19N3O2/c18-13-6-7-15(19)14(8-13)17(20,16-10-21-11-22-16)9-12-4-2-1-3-5-12/h1-8,10H,9,11,18-20H2. The molecule has 114 valence electrons. The van der Waals surface area contributed by atoms with Crippen LogP contribution in [0, 0.1) is 0 Å². The average molecular weight is 297 g/mol. The van der Waals surface area contributed by atoms with Crippen molar-refractivity contribution < 1.29 is 9.47 Å². The molecule has 22 heavy (non-hydrogen) atoms. The normalized spacial score (nSPS) is 16.3. The van der Waals surface area contributed by atoms with Crippen LogP contribution in [0.5, 0.6) is 0 Å². The summed E-state index contributed by atoms with van der Waals surface area (Å²) in [5, 5.41) is 0. The predicted octanol–water partition coefficient (Wildman–Crippen LogP) is 2.09. The van der Waals surface area contributed by atoms with Crippen LogP contribution in [0.4, 0.5) is 11.4 Å². The summed E-state index contributed by atoms with van der Waals surface area (Å²) in [6.45, 7) is 0.158. The van der Waals surface area contributed by atoms with Gasteiger partial charge in [-0.3, -0.25) is 0 Å². The first-order chi connectivity index (χ1) is 10.6. The van der Waals surface area contributed by atoms with Gasteiger partial charge in [0.2, 0.25) is 6.79 Å². The Hall–Kier alpha value is -2.66. The number of nitrogen functional groups attached to an aromatic ring is 2. The van der Waals surface area contributed by atoms with E-state index in [4.69, 9.17) is 26.7 Å². The van der Waals surface area contributed by atoms with E-state index in [0.29, 0.717) is 23.6 Å². The van der Waals surface area contributed by atoms with Gasteiger partial charge in [0.05, 0.1) is 0 Å². The van der Waals surface area contributed by atoms with E-state index in [1.54, 1.807) is 24.5 Å². The second-order valence-electron chi connectivity index (χ2n) is 5.39. The van der Waals surface area contributed by atoms with Gasteiger partial charge in [-0.2, -0.15) is 0 Å². The van der Waals surface area contributed by atoms with E-state index in [1.807, 2.05) is 30.3 Å². The van der Waals surface area contributed by atoms with Gasteiger partial charge < -0.3 is 26.7 Å². The van der Waals surface area contributed by atoms with Crippen molar-refractivity contribution in [3.05, 3.63) is 71.7 Å². The van der Waals surface area contributed by atoms with Gasteiger partial charge in [0, 0.05) is 23.4 Å². The van der Waals surface area contributed by atoms with Gasteiger partial charge in [-0.25, -0.2) is 0 Å². The van der Waals surface area contributed by atoms with E-state index in [9.17, 15) is 0 Å². The van der Waals surface area contributed by atoms with Crippen molar-refractivity contribution in [2.75, 3.05) is 18.3 Å². The van der Waals surface area contributed by atoms with Crippen LogP contribution in [-0.2, 0) is 21.4 Å². The fourth-order valence-electron chi connectivity index (χ4n) is 2.67. The summed E-state index contributed by atoms with van der Waals surface area (Å²) < 4.78 is 10.8. The van der Waals surface area contributed by atoms with Crippen LogP contribution < -0.4 is 17.2 Å². The smallest absolute Gasteiger partial charge is 0.229 e. The third-order valence-corrected chi connectivity index (χ3v) is 3.80. The maximum atomic E-state index is 6.72. The number of ether oxygens (including phenoxy) is 2. The minimum atomic E-state index is -0.933. The zero-order valence-electron chi connectivity index (χ0n) is 12.2. The largest absolute Gasteiger partial charge is 0.462 e. The van der Waals surface area contributed by atoms with Crippen LogP contribution in [-0.4, -0.2) is 6.79 Å². The Morgan fingerprint density at radius 2 is 1.82 bits per heavy atom. The molecule has 2 aromatic rings. The quantitative estimate of drug-likeness (QED) is 0.751. The van der Waals surface area contributed by atoms with E-state index in [2.05, 4.69) is 0 Å². The van der Waals surface area contributed by atoms with E-state index < -0.39 is 5.54 Å². The van der Waals surface area contributed by atoms with Crippen LogP contribution in [0.15, 0.2) is 60.6 Å². The summed E-state index contributed by atoms with van der Waals surface area (Å²) >= 11 is 0. The lowest BCUT2D eigenvalue weighted by Crippen LogP contribution is -2.42. The van der Waals surface area contributed by atoms with Crippen LogP contribution in [0.25, 0.3) is 0 Å². The molecule has 1 unspecified atom stereocenters. The second kappa shape index (κ2) is 5.61. The van der Waals surface area contributed by atoms with Crippen LogP contribution in [0.1, 0.15) is 11.1 Å². The molecule has 0 aliphatic carbocycles. The molecule has 0 aromatic heterocycles. The average Bonchev–Trinajstić information content (AvgIpc) is 3.05. The van der Waals surface area contributed by atoms with E-state index in [-0.39, 0.29) is 6.79 Å². The summed E-state index contributed by atoms with van der Waals surface area (Å²) in [7, 11) is 0. The lowest BCUT2D eigenvalue weighted by molar-refractivity contribution is 0.0664. The summed E-state index contributed by atoms with van der Waals surface area (Å²) in [5.41, 5.74) is 20.8. The van der Waals surface area contributed by atoms with Crippen molar-refractivity contribution >= 4 is 11.4 Å². The molecule has 3 rings (SSSR count). The Balaban J connectivity index is 2.08. The van der Waals surface area contributed by atoms with Crippen LogP contribution in [0.3, 0.4) is 0 Å². The Morgan fingerprint density at radius 3 is 2.50 bits per heavy atom. The zero-order valence-corrected chi connectivity index (χ0v) is 12.2. The fraction of sp³-hybridized carbons (Fsp3) is 0.176. The maximum absolute atomic E-state index is 6.72. The molecular weight excluding hydrogens is 278 g/mol. The first kappa shape index (κ1) is 14.3. The summed E-state index contributed by atoms with van der Waals surface area (Å²) in [6, 6.07) is 15.2. The lowest BCUT2D eigenvalue weighted by Gasteiger charge is -2.31. The second-order valence-corrected chi connectivity index (χ2v) is 5.39. The SMILES string of the molecule is Nc1ccc(N)c(C(N)(Cc2ccccc2)C2=COCO2)c1. The Kier molecular flexibility index (Phi) is 3.65. The molecule has 5 heteroatoms. The van der Waals surface area contributed by atoms with E-state index in [0.717, 1.165) is 11.1 Å². The Morgan fingerprint density at radius 1 is 1.05 bits per heavy atom. The molecule has 0 radical (unpaired) electrons. The van der Waals surface area contributed by atoms with Gasteiger partial charge in [0.15, 0.2) is 5.76 Å². The summed E-state index contributed by atoms with van der Waals surface area (Å²) in [5.74, 6) is 0.550. The molecule has 0 spiro atoms. The molecular formula is C17H19N3O2. The van der Waals surface area contributed by atoms with E-state index >= 15 is 0 Å². The van der Waals surface area contributed by atoms with Crippen molar-refractivity contribution in [2.24, 2.45) is 5.73 Å². The van der Waals surface area contributed by atoms with Gasteiger partial charge in [-0.05, 0) is 23.8 Å². The van der Waals surface area contributed by atoms with Gasteiger partial charge in [-0.15, -0.1) is 0 Å². The van der Waals surface area contributed by atoms with Crippen molar-refractivity contribution in [2.45, 2.75) is 12.0 Å². The highest BCUT2D eigenvalue weighted by Gasteiger charge is 2.38. The van der Waals surface area contributed by atoms with Gasteiger partial charge in [0.1, 0.15) is 11.8 Å². The Labute approximate surface area is 129 Å². The first-order valence-corrected chi connectivity index (χ1v) is 7.03. The zero-order chi connectivity index (χ0) is 15.6. The van der Waals surface area contributed by atoms with E-state index in [1.165, 1.54) is 0 Å². The maximum Gasteiger partial charge on any atom is 0.229 e.